The molecule has 0 radical (unpaired) electrons. The standard InChI is InChI=1S/C21H25N5O3/c1-24-15(9-10-22-21(24)28)14-25-11-5-8-18(25)19-23-17-7-4-3-6-16(17)20(27)26(19)12-13-29-2/h3-4,6-7,9-10,18H,5,8,11-14H2,1-2H3. The van der Waals surface area contributed by atoms with Crippen LogP contribution in [0.3, 0.4) is 0 Å². The third-order valence-corrected chi connectivity index (χ3v) is 5.61. The van der Waals surface area contributed by atoms with Gasteiger partial charge in [0.2, 0.25) is 0 Å². The van der Waals surface area contributed by atoms with Gasteiger partial charge in [-0.05, 0) is 37.6 Å². The summed E-state index contributed by atoms with van der Waals surface area (Å²) in [5, 5.41) is 0.619. The Hall–Kier alpha value is -2.84. The average molecular weight is 395 g/mol. The van der Waals surface area contributed by atoms with E-state index in [1.54, 1.807) is 29.5 Å². The van der Waals surface area contributed by atoms with E-state index in [9.17, 15) is 9.59 Å². The van der Waals surface area contributed by atoms with Crippen LogP contribution in [0.5, 0.6) is 0 Å². The zero-order valence-electron chi connectivity index (χ0n) is 16.7. The predicted molar refractivity (Wildman–Crippen MR) is 110 cm³/mol. The second-order valence-electron chi connectivity index (χ2n) is 7.34. The Labute approximate surface area is 168 Å². The van der Waals surface area contributed by atoms with Crippen LogP contribution in [-0.4, -0.2) is 44.3 Å². The van der Waals surface area contributed by atoms with Crippen LogP contribution >= 0.6 is 0 Å². The quantitative estimate of drug-likeness (QED) is 0.629. The van der Waals surface area contributed by atoms with Crippen molar-refractivity contribution in [3.8, 4) is 0 Å². The van der Waals surface area contributed by atoms with Crippen LogP contribution in [0, 0.1) is 0 Å². The van der Waals surface area contributed by atoms with Crippen molar-refractivity contribution in [3.05, 3.63) is 68.9 Å². The van der Waals surface area contributed by atoms with E-state index in [1.807, 2.05) is 30.3 Å². The molecule has 152 valence electrons. The van der Waals surface area contributed by atoms with E-state index in [1.165, 1.54) is 0 Å². The normalized spacial score (nSPS) is 17.2. The van der Waals surface area contributed by atoms with Gasteiger partial charge in [0.1, 0.15) is 5.82 Å². The van der Waals surface area contributed by atoms with Crippen molar-refractivity contribution in [2.24, 2.45) is 7.05 Å². The molecule has 1 aliphatic rings. The molecule has 0 N–H and O–H groups in total. The van der Waals surface area contributed by atoms with E-state index in [2.05, 4.69) is 9.88 Å². The monoisotopic (exact) mass is 395 g/mol. The number of hydrogen-bond donors (Lipinski definition) is 0. The summed E-state index contributed by atoms with van der Waals surface area (Å²) in [6.07, 6.45) is 3.47. The number of benzene rings is 1. The Balaban J connectivity index is 1.76. The lowest BCUT2D eigenvalue weighted by Gasteiger charge is -2.27. The summed E-state index contributed by atoms with van der Waals surface area (Å²) >= 11 is 0. The van der Waals surface area contributed by atoms with Crippen molar-refractivity contribution < 1.29 is 4.74 Å². The Kier molecular flexibility index (Phi) is 5.55. The molecule has 29 heavy (non-hydrogen) atoms. The highest BCUT2D eigenvalue weighted by molar-refractivity contribution is 5.77. The second-order valence-corrected chi connectivity index (χ2v) is 7.34. The van der Waals surface area contributed by atoms with Gasteiger partial charge in [0.05, 0.1) is 30.1 Å². The Morgan fingerprint density at radius 1 is 1.21 bits per heavy atom. The number of rotatable bonds is 6. The van der Waals surface area contributed by atoms with Gasteiger partial charge in [-0.2, -0.15) is 0 Å². The molecule has 3 aromatic rings. The van der Waals surface area contributed by atoms with Crippen molar-refractivity contribution in [3.63, 3.8) is 0 Å². The zero-order chi connectivity index (χ0) is 20.4. The highest BCUT2D eigenvalue weighted by Crippen LogP contribution is 2.32. The highest BCUT2D eigenvalue weighted by atomic mass is 16.5. The maximum absolute atomic E-state index is 13.2. The minimum Gasteiger partial charge on any atom is -0.383 e. The lowest BCUT2D eigenvalue weighted by atomic mass is 10.1. The first-order chi connectivity index (χ1) is 14.1. The predicted octanol–water partition coefficient (Wildman–Crippen LogP) is 1.47. The summed E-state index contributed by atoms with van der Waals surface area (Å²) in [7, 11) is 3.36. The van der Waals surface area contributed by atoms with Crippen molar-refractivity contribution >= 4 is 10.9 Å². The summed E-state index contributed by atoms with van der Waals surface area (Å²) in [5.74, 6) is 0.766. The van der Waals surface area contributed by atoms with Crippen LogP contribution in [0.1, 0.15) is 30.4 Å². The van der Waals surface area contributed by atoms with Gasteiger partial charge in [0.25, 0.3) is 5.56 Å². The minimum absolute atomic E-state index is 0.00688. The Morgan fingerprint density at radius 3 is 2.86 bits per heavy atom. The summed E-state index contributed by atoms with van der Waals surface area (Å²) in [4.78, 5) is 36.0. The van der Waals surface area contributed by atoms with Crippen LogP contribution in [0.15, 0.2) is 46.1 Å². The molecule has 0 bridgehead atoms. The molecule has 1 aliphatic heterocycles. The number of fused-ring (bicyclic) bond motifs is 1. The fraction of sp³-hybridized carbons (Fsp3) is 0.429. The number of aromatic nitrogens is 4. The fourth-order valence-corrected chi connectivity index (χ4v) is 4.02. The molecule has 0 amide bonds. The van der Waals surface area contributed by atoms with Crippen LogP contribution in [0.2, 0.25) is 0 Å². The third kappa shape index (κ3) is 3.73. The summed E-state index contributed by atoms with van der Waals surface area (Å²) in [5.41, 5.74) is 1.30. The van der Waals surface area contributed by atoms with Crippen molar-refractivity contribution in [1.29, 1.82) is 0 Å². The van der Waals surface area contributed by atoms with Gasteiger partial charge in [0, 0.05) is 32.6 Å². The Morgan fingerprint density at radius 2 is 2.03 bits per heavy atom. The molecule has 2 aromatic heterocycles. The van der Waals surface area contributed by atoms with Crippen LogP contribution in [0.25, 0.3) is 10.9 Å². The first kappa shape index (κ1) is 19.5. The molecule has 1 unspecified atom stereocenters. The van der Waals surface area contributed by atoms with Crippen molar-refractivity contribution in [2.45, 2.75) is 32.0 Å². The van der Waals surface area contributed by atoms with Crippen molar-refractivity contribution in [1.82, 2.24) is 24.0 Å². The van der Waals surface area contributed by atoms with E-state index in [0.717, 1.165) is 30.9 Å². The Bertz CT molecular complexity index is 1140. The molecule has 0 aliphatic carbocycles. The van der Waals surface area contributed by atoms with Gasteiger partial charge in [0.15, 0.2) is 0 Å². The van der Waals surface area contributed by atoms with Gasteiger partial charge in [-0.3, -0.25) is 18.8 Å². The maximum atomic E-state index is 13.2. The molecule has 1 aromatic carbocycles. The van der Waals surface area contributed by atoms with E-state index in [-0.39, 0.29) is 17.3 Å². The molecule has 1 atom stereocenters. The first-order valence-electron chi connectivity index (χ1n) is 9.83. The largest absolute Gasteiger partial charge is 0.383 e. The number of nitrogens with zero attached hydrogens (tertiary/aromatic N) is 5. The number of ether oxygens (including phenoxy) is 1. The van der Waals surface area contributed by atoms with E-state index in [0.29, 0.717) is 30.6 Å². The van der Waals surface area contributed by atoms with E-state index >= 15 is 0 Å². The van der Waals surface area contributed by atoms with Crippen LogP contribution in [-0.2, 0) is 24.9 Å². The molecule has 1 saturated heterocycles. The number of hydrogen-bond acceptors (Lipinski definition) is 6. The maximum Gasteiger partial charge on any atom is 0.347 e. The third-order valence-electron chi connectivity index (χ3n) is 5.61. The second kappa shape index (κ2) is 8.26. The molecule has 4 rings (SSSR count). The van der Waals surface area contributed by atoms with Gasteiger partial charge in [-0.1, -0.05) is 12.1 Å². The van der Waals surface area contributed by atoms with Gasteiger partial charge < -0.3 is 4.74 Å². The summed E-state index contributed by atoms with van der Waals surface area (Å²) < 4.78 is 8.56. The van der Waals surface area contributed by atoms with Gasteiger partial charge in [-0.25, -0.2) is 14.8 Å². The molecule has 0 saturated carbocycles. The van der Waals surface area contributed by atoms with Gasteiger partial charge >= 0.3 is 5.69 Å². The van der Waals surface area contributed by atoms with Crippen LogP contribution in [0.4, 0.5) is 0 Å². The van der Waals surface area contributed by atoms with E-state index in [4.69, 9.17) is 9.72 Å². The smallest absolute Gasteiger partial charge is 0.347 e. The number of likely N-dealkylation sites (tertiary alicyclic amines) is 1. The number of para-hydroxylation sites is 1. The molecule has 8 heteroatoms. The molecular formula is C21H25N5O3. The SMILES string of the molecule is COCCn1c(C2CCCN2Cc2ccnc(=O)n2C)nc2ccccc2c1=O. The topological polar surface area (TPSA) is 82.2 Å². The first-order valence-corrected chi connectivity index (χ1v) is 9.83. The lowest BCUT2D eigenvalue weighted by molar-refractivity contribution is 0.178. The molecule has 0 spiro atoms. The summed E-state index contributed by atoms with van der Waals surface area (Å²) in [6.45, 7) is 2.39. The molecular weight excluding hydrogens is 370 g/mol. The average Bonchev–Trinajstić information content (AvgIpc) is 3.18. The lowest BCUT2D eigenvalue weighted by Crippen LogP contribution is -2.34. The van der Waals surface area contributed by atoms with Gasteiger partial charge in [-0.15, -0.1) is 0 Å². The molecule has 3 heterocycles. The zero-order valence-corrected chi connectivity index (χ0v) is 16.7. The fourth-order valence-electron chi connectivity index (χ4n) is 4.02. The van der Waals surface area contributed by atoms with E-state index < -0.39 is 0 Å². The van der Waals surface area contributed by atoms with Crippen LogP contribution < -0.4 is 11.2 Å². The minimum atomic E-state index is -0.265. The molecule has 8 nitrogen and oxygen atoms in total. The molecule has 1 fully saturated rings. The van der Waals surface area contributed by atoms with Crippen molar-refractivity contribution in [2.75, 3.05) is 20.3 Å². The number of methoxy groups -OCH3 is 1. The summed E-state index contributed by atoms with van der Waals surface area (Å²) in [6, 6.07) is 9.33. The highest BCUT2D eigenvalue weighted by Gasteiger charge is 2.30.